The zero-order valence-corrected chi connectivity index (χ0v) is 16.0. The highest BCUT2D eigenvalue weighted by atomic mass is 32.2. The van der Waals surface area contributed by atoms with Crippen LogP contribution in [0.4, 0.5) is 0 Å². The summed E-state index contributed by atoms with van der Waals surface area (Å²) in [6.45, 7) is 6.13. The number of aliphatic imine (C=N–C) groups is 1. The third kappa shape index (κ3) is 5.82. The lowest BCUT2D eigenvalue weighted by Gasteiger charge is -2.26. The molecule has 0 radical (unpaired) electrons. The fourth-order valence-corrected chi connectivity index (χ4v) is 3.12. The lowest BCUT2D eigenvalue weighted by molar-refractivity contribution is -0.122. The maximum absolute atomic E-state index is 12.5. The van der Waals surface area contributed by atoms with Crippen LogP contribution >= 0.6 is 11.8 Å². The van der Waals surface area contributed by atoms with E-state index in [0.29, 0.717) is 11.5 Å². The Balaban J connectivity index is 2.86. The van der Waals surface area contributed by atoms with E-state index in [4.69, 9.17) is 5.73 Å². The minimum atomic E-state index is -0.439. The molecule has 2 amide bonds. The Hall–Kier alpha value is -1.56. The molecule has 1 unspecified atom stereocenters. The number of allylic oxidation sites excluding steroid dienone is 2. The maximum Gasteiger partial charge on any atom is 0.267 e. The van der Waals surface area contributed by atoms with Gasteiger partial charge in [0.15, 0.2) is 5.17 Å². The molecule has 0 fully saturated rings. The third-order valence-electron chi connectivity index (χ3n) is 4.42. The Morgan fingerprint density at radius 1 is 1.38 bits per heavy atom. The Morgan fingerprint density at radius 3 is 2.62 bits per heavy atom. The molecule has 3 N–H and O–H groups in total. The minimum Gasteiger partial charge on any atom is -0.378 e. The molecule has 0 aromatic carbocycles. The van der Waals surface area contributed by atoms with Crippen molar-refractivity contribution >= 4 is 28.7 Å². The summed E-state index contributed by atoms with van der Waals surface area (Å²) >= 11 is 1.20. The van der Waals surface area contributed by atoms with Crippen LogP contribution in [-0.2, 0) is 9.59 Å². The topological polar surface area (TPSA) is 84.5 Å². The van der Waals surface area contributed by atoms with Crippen LogP contribution in [-0.4, -0.2) is 29.8 Å². The molecule has 0 aliphatic heterocycles. The van der Waals surface area contributed by atoms with Crippen LogP contribution in [0.3, 0.4) is 0 Å². The summed E-state index contributed by atoms with van der Waals surface area (Å²) in [7, 11) is 0. The normalized spacial score (nSPS) is 17.7. The van der Waals surface area contributed by atoms with E-state index in [-0.39, 0.29) is 17.6 Å². The summed E-state index contributed by atoms with van der Waals surface area (Å²) in [6, 6.07) is 0. The maximum atomic E-state index is 12.5. The van der Waals surface area contributed by atoms with Gasteiger partial charge in [0.1, 0.15) is 0 Å². The highest BCUT2D eigenvalue weighted by Gasteiger charge is 2.23. The van der Waals surface area contributed by atoms with Crippen molar-refractivity contribution in [2.75, 3.05) is 12.8 Å². The second-order valence-electron chi connectivity index (χ2n) is 5.95. The predicted molar refractivity (Wildman–Crippen MR) is 102 cm³/mol. The number of rotatable bonds is 6. The third-order valence-corrected chi connectivity index (χ3v) is 4.93. The number of thioether (sulfide) groups is 1. The van der Waals surface area contributed by atoms with E-state index in [1.165, 1.54) is 23.8 Å². The number of amidine groups is 1. The Morgan fingerprint density at radius 2 is 2.04 bits per heavy atom. The molecule has 0 aromatic heterocycles. The van der Waals surface area contributed by atoms with Crippen molar-refractivity contribution in [3.8, 4) is 0 Å². The van der Waals surface area contributed by atoms with Gasteiger partial charge in [-0.15, -0.1) is 0 Å². The zero-order valence-electron chi connectivity index (χ0n) is 15.1. The lowest BCUT2D eigenvalue weighted by atomic mass is 9.80. The number of carbonyl (C=O) groups excluding carboxylic acids is 2. The first-order chi connectivity index (χ1) is 11.4. The molecule has 1 rings (SSSR count). The van der Waals surface area contributed by atoms with Crippen LogP contribution in [0.25, 0.3) is 0 Å². The highest BCUT2D eigenvalue weighted by molar-refractivity contribution is 8.13. The van der Waals surface area contributed by atoms with E-state index in [0.717, 1.165) is 31.3 Å². The van der Waals surface area contributed by atoms with Gasteiger partial charge in [-0.25, -0.2) is 0 Å². The summed E-state index contributed by atoms with van der Waals surface area (Å²) in [5, 5.41) is 2.88. The number of hydrogen-bond acceptors (Lipinski definition) is 3. The van der Waals surface area contributed by atoms with Gasteiger partial charge in [-0.1, -0.05) is 37.3 Å². The predicted octanol–water partition coefficient (Wildman–Crippen LogP) is 3.17. The van der Waals surface area contributed by atoms with Gasteiger partial charge in [0.2, 0.25) is 0 Å². The largest absolute Gasteiger partial charge is 0.378 e. The summed E-state index contributed by atoms with van der Waals surface area (Å²) < 4.78 is 0. The fourth-order valence-electron chi connectivity index (χ4n) is 2.93. The van der Waals surface area contributed by atoms with Crippen molar-refractivity contribution in [2.45, 2.75) is 52.9 Å². The molecule has 0 heterocycles. The molecule has 5 nitrogen and oxygen atoms in total. The summed E-state index contributed by atoms with van der Waals surface area (Å²) in [4.78, 5) is 27.9. The van der Waals surface area contributed by atoms with E-state index < -0.39 is 5.91 Å². The van der Waals surface area contributed by atoms with Crippen molar-refractivity contribution < 1.29 is 9.59 Å². The SMILES string of the molecule is C/C=C(/C(=O)NCC(=O)N=C(N)SC)C1=C(C(C)CC)CCCC1. The van der Waals surface area contributed by atoms with Gasteiger partial charge >= 0.3 is 0 Å². The average Bonchev–Trinajstić information content (AvgIpc) is 2.60. The Kier molecular flexibility index (Phi) is 8.82. The fraction of sp³-hybridized carbons (Fsp3) is 0.611. The van der Waals surface area contributed by atoms with Crippen LogP contribution in [0, 0.1) is 5.92 Å². The molecule has 0 bridgehead atoms. The van der Waals surface area contributed by atoms with Gasteiger partial charge in [0.05, 0.1) is 6.54 Å². The van der Waals surface area contributed by atoms with Crippen LogP contribution in [0.15, 0.2) is 27.8 Å². The smallest absolute Gasteiger partial charge is 0.267 e. The van der Waals surface area contributed by atoms with Gasteiger partial charge in [-0.05, 0) is 56.8 Å². The van der Waals surface area contributed by atoms with E-state index in [2.05, 4.69) is 24.2 Å². The molecule has 0 saturated carbocycles. The van der Waals surface area contributed by atoms with Crippen LogP contribution in [0.5, 0.6) is 0 Å². The van der Waals surface area contributed by atoms with E-state index >= 15 is 0 Å². The number of hydrogen-bond donors (Lipinski definition) is 2. The molecule has 1 aliphatic carbocycles. The van der Waals surface area contributed by atoms with Crippen LogP contribution in [0.1, 0.15) is 52.9 Å². The second kappa shape index (κ2) is 10.3. The quantitative estimate of drug-likeness (QED) is 0.437. The summed E-state index contributed by atoms with van der Waals surface area (Å²) in [5.41, 5.74) is 8.76. The van der Waals surface area contributed by atoms with Crippen LogP contribution in [0.2, 0.25) is 0 Å². The monoisotopic (exact) mass is 351 g/mol. The zero-order chi connectivity index (χ0) is 18.1. The molecule has 1 aliphatic rings. The molecule has 6 heteroatoms. The number of nitrogens with two attached hydrogens (primary N) is 1. The van der Waals surface area contributed by atoms with Crippen LogP contribution < -0.4 is 11.1 Å². The van der Waals surface area contributed by atoms with Crippen molar-refractivity contribution in [2.24, 2.45) is 16.6 Å². The average molecular weight is 352 g/mol. The Bertz CT molecular complexity index is 565. The van der Waals surface area contributed by atoms with Gasteiger partial charge in [-0.3, -0.25) is 9.59 Å². The molecule has 1 atom stereocenters. The number of nitrogens with one attached hydrogen (secondary N) is 1. The molecule has 0 saturated heterocycles. The standard InChI is InChI=1S/C18H29N3O2S/c1-5-12(3)14-9-7-8-10-15(14)13(6-2)17(23)20-11-16(22)21-18(19)24-4/h6,12H,5,7-11H2,1-4H3,(H,20,23)(H2,19,21,22)/b13-6+. The minimum absolute atomic E-state index is 0.136. The highest BCUT2D eigenvalue weighted by Crippen LogP contribution is 2.35. The molecule has 0 spiro atoms. The lowest BCUT2D eigenvalue weighted by Crippen LogP contribution is -2.31. The summed E-state index contributed by atoms with van der Waals surface area (Å²) in [6.07, 6.45) is 8.94. The number of amides is 2. The van der Waals surface area contributed by atoms with Gasteiger partial charge in [0.25, 0.3) is 11.8 Å². The molecule has 0 aromatic rings. The van der Waals surface area contributed by atoms with Crippen molar-refractivity contribution in [1.29, 1.82) is 0 Å². The first-order valence-corrected chi connectivity index (χ1v) is 9.74. The van der Waals surface area contributed by atoms with Gasteiger partial charge in [-0.2, -0.15) is 4.99 Å². The van der Waals surface area contributed by atoms with Crippen molar-refractivity contribution in [3.05, 3.63) is 22.8 Å². The number of carbonyl (C=O) groups is 2. The molecular weight excluding hydrogens is 322 g/mol. The molecule has 24 heavy (non-hydrogen) atoms. The van der Waals surface area contributed by atoms with E-state index in [1.807, 2.05) is 13.0 Å². The van der Waals surface area contributed by atoms with E-state index in [1.54, 1.807) is 6.26 Å². The second-order valence-corrected chi connectivity index (χ2v) is 6.78. The first kappa shape index (κ1) is 20.5. The number of nitrogens with zero attached hydrogens (tertiary/aromatic N) is 1. The molecule has 134 valence electrons. The van der Waals surface area contributed by atoms with Crippen molar-refractivity contribution in [1.82, 2.24) is 5.32 Å². The van der Waals surface area contributed by atoms with Gasteiger partial charge < -0.3 is 11.1 Å². The first-order valence-electron chi connectivity index (χ1n) is 8.52. The van der Waals surface area contributed by atoms with E-state index in [9.17, 15) is 9.59 Å². The van der Waals surface area contributed by atoms with Gasteiger partial charge in [0, 0.05) is 5.57 Å². The Labute approximate surface area is 149 Å². The molecular formula is C18H29N3O2S. The van der Waals surface area contributed by atoms with Crippen molar-refractivity contribution in [3.63, 3.8) is 0 Å². The summed E-state index contributed by atoms with van der Waals surface area (Å²) in [5.74, 6) is -0.164.